The van der Waals surface area contributed by atoms with Crippen molar-refractivity contribution in [2.75, 3.05) is 24.5 Å². The van der Waals surface area contributed by atoms with Gasteiger partial charge in [-0.05, 0) is 60.9 Å². The molecule has 8 nitrogen and oxygen atoms in total. The molecule has 1 atom stereocenters. The maximum absolute atomic E-state index is 13.9. The fraction of sp³-hybridized carbons (Fsp3) is 0.212. The fourth-order valence-corrected chi connectivity index (χ4v) is 6.43. The molecule has 10 heteroatoms. The maximum Gasteiger partial charge on any atom is 0.262 e. The Labute approximate surface area is 256 Å². The molecule has 1 unspecified atom stereocenters. The Morgan fingerprint density at radius 2 is 1.63 bits per heavy atom. The zero-order valence-electron chi connectivity index (χ0n) is 23.6. The van der Waals surface area contributed by atoms with Crippen molar-refractivity contribution in [1.82, 2.24) is 9.62 Å². The summed E-state index contributed by atoms with van der Waals surface area (Å²) in [7, 11) is -4.09. The third-order valence-electron chi connectivity index (χ3n) is 7.13. The lowest BCUT2D eigenvalue weighted by molar-refractivity contribution is -0.128. The average molecular weight is 618 g/mol. The molecule has 0 aromatic heterocycles. The number of benzene rings is 4. The Morgan fingerprint density at radius 3 is 2.37 bits per heavy atom. The van der Waals surface area contributed by atoms with Crippen molar-refractivity contribution in [2.45, 2.75) is 30.9 Å². The molecule has 5 rings (SSSR count). The summed E-state index contributed by atoms with van der Waals surface area (Å²) in [6, 6.07) is 30.0. The number of ether oxygens (including phenoxy) is 1. The SMILES string of the molecule is Cc1cccc(CN(CC(=O)N2CC(C(=O)NCCc3ccccc3)Oc3ccccc32)S(=O)(=O)c2ccc(Cl)cc2)c1. The molecule has 1 aliphatic heterocycles. The van der Waals surface area contributed by atoms with E-state index in [9.17, 15) is 18.0 Å². The van der Waals surface area contributed by atoms with Gasteiger partial charge in [0.05, 0.1) is 23.7 Å². The fourth-order valence-electron chi connectivity index (χ4n) is 4.93. The first kappa shape index (κ1) is 30.3. The van der Waals surface area contributed by atoms with Crippen molar-refractivity contribution in [3.05, 3.63) is 125 Å². The lowest BCUT2D eigenvalue weighted by Gasteiger charge is -2.35. The number of anilines is 1. The minimum atomic E-state index is -4.09. The van der Waals surface area contributed by atoms with Crippen molar-refractivity contribution < 1.29 is 22.7 Å². The largest absolute Gasteiger partial charge is 0.477 e. The second-order valence-corrected chi connectivity index (χ2v) is 12.7. The van der Waals surface area contributed by atoms with Crippen LogP contribution in [0.5, 0.6) is 5.75 Å². The molecule has 0 saturated carbocycles. The highest BCUT2D eigenvalue weighted by molar-refractivity contribution is 7.89. The Bertz CT molecular complexity index is 1700. The normalized spacial score (nSPS) is 14.6. The smallest absolute Gasteiger partial charge is 0.262 e. The Hall–Kier alpha value is -4.18. The van der Waals surface area contributed by atoms with Crippen LogP contribution in [-0.2, 0) is 32.6 Å². The topological polar surface area (TPSA) is 96.0 Å². The van der Waals surface area contributed by atoms with Crippen LogP contribution in [-0.4, -0.2) is 50.3 Å². The van der Waals surface area contributed by atoms with Crippen LogP contribution >= 0.6 is 11.6 Å². The predicted octanol–water partition coefficient (Wildman–Crippen LogP) is 4.99. The molecule has 0 aliphatic carbocycles. The van der Waals surface area contributed by atoms with Crippen molar-refractivity contribution in [3.8, 4) is 5.75 Å². The number of nitrogens with zero attached hydrogens (tertiary/aromatic N) is 2. The van der Waals surface area contributed by atoms with E-state index in [1.807, 2.05) is 61.5 Å². The van der Waals surface area contributed by atoms with Crippen LogP contribution in [0.3, 0.4) is 0 Å². The molecule has 2 amide bonds. The van der Waals surface area contributed by atoms with Crippen molar-refractivity contribution >= 4 is 39.1 Å². The van der Waals surface area contributed by atoms with Crippen LogP contribution in [0.25, 0.3) is 0 Å². The summed E-state index contributed by atoms with van der Waals surface area (Å²) < 4.78 is 34.8. The molecule has 43 heavy (non-hydrogen) atoms. The second-order valence-electron chi connectivity index (χ2n) is 10.3. The average Bonchev–Trinajstić information content (AvgIpc) is 3.01. The number of carbonyl (C=O) groups is 2. The zero-order valence-corrected chi connectivity index (χ0v) is 25.2. The Kier molecular flexibility index (Phi) is 9.45. The molecule has 0 spiro atoms. The monoisotopic (exact) mass is 617 g/mol. The van der Waals surface area contributed by atoms with Gasteiger partial charge in [-0.2, -0.15) is 4.31 Å². The summed E-state index contributed by atoms with van der Waals surface area (Å²) in [5, 5.41) is 3.30. The van der Waals surface area contributed by atoms with Crippen LogP contribution < -0.4 is 15.0 Å². The van der Waals surface area contributed by atoms with E-state index in [1.165, 1.54) is 29.2 Å². The first-order chi connectivity index (χ1) is 20.7. The number of aryl methyl sites for hydroxylation is 1. The lowest BCUT2D eigenvalue weighted by Crippen LogP contribution is -2.53. The Balaban J connectivity index is 1.38. The summed E-state index contributed by atoms with van der Waals surface area (Å²) in [4.78, 5) is 28.5. The van der Waals surface area contributed by atoms with E-state index < -0.39 is 28.6 Å². The van der Waals surface area contributed by atoms with Crippen molar-refractivity contribution in [3.63, 3.8) is 0 Å². The van der Waals surface area contributed by atoms with Crippen LogP contribution in [0.2, 0.25) is 5.02 Å². The molecule has 222 valence electrons. The standard InChI is InChI=1S/C33H32ClN3O5S/c1-24-8-7-11-26(20-24)21-36(43(40,41)28-16-14-27(34)15-17-28)23-32(38)37-22-31(42-30-13-6-5-12-29(30)37)33(39)35-19-18-25-9-3-2-4-10-25/h2-17,20,31H,18-19,21-23H2,1H3,(H,35,39). The van der Waals surface area contributed by atoms with Gasteiger partial charge < -0.3 is 15.0 Å². The van der Waals surface area contributed by atoms with Gasteiger partial charge in [-0.1, -0.05) is 83.9 Å². The van der Waals surface area contributed by atoms with E-state index in [2.05, 4.69) is 5.32 Å². The van der Waals surface area contributed by atoms with Gasteiger partial charge in [0.25, 0.3) is 5.91 Å². The molecular formula is C33H32ClN3O5S. The number of sulfonamides is 1. The first-order valence-electron chi connectivity index (χ1n) is 13.9. The number of para-hydroxylation sites is 2. The molecule has 0 saturated heterocycles. The van der Waals surface area contributed by atoms with Gasteiger partial charge in [0.1, 0.15) is 5.75 Å². The second kappa shape index (κ2) is 13.4. The summed E-state index contributed by atoms with van der Waals surface area (Å²) in [5.74, 6) is -0.465. The first-order valence-corrected chi connectivity index (χ1v) is 15.7. The van der Waals surface area contributed by atoms with Crippen LogP contribution in [0.4, 0.5) is 5.69 Å². The van der Waals surface area contributed by atoms with Crippen molar-refractivity contribution in [1.29, 1.82) is 0 Å². The molecule has 0 radical (unpaired) electrons. The molecule has 1 heterocycles. The molecular weight excluding hydrogens is 586 g/mol. The number of nitrogens with one attached hydrogen (secondary N) is 1. The highest BCUT2D eigenvalue weighted by atomic mass is 35.5. The van der Waals surface area contributed by atoms with Gasteiger partial charge in [0.15, 0.2) is 6.10 Å². The van der Waals surface area contributed by atoms with Crippen molar-refractivity contribution in [2.24, 2.45) is 0 Å². The van der Waals surface area contributed by atoms with Gasteiger partial charge in [-0.25, -0.2) is 8.42 Å². The van der Waals surface area contributed by atoms with Gasteiger partial charge in [-0.3, -0.25) is 9.59 Å². The van der Waals surface area contributed by atoms with E-state index in [0.717, 1.165) is 21.0 Å². The number of rotatable bonds is 10. The van der Waals surface area contributed by atoms with Crippen LogP contribution in [0.1, 0.15) is 16.7 Å². The highest BCUT2D eigenvalue weighted by Crippen LogP contribution is 2.34. The van der Waals surface area contributed by atoms with E-state index in [4.69, 9.17) is 16.3 Å². The summed E-state index contributed by atoms with van der Waals surface area (Å²) >= 11 is 6.01. The highest BCUT2D eigenvalue weighted by Gasteiger charge is 2.36. The minimum absolute atomic E-state index is 0.0201. The molecule has 0 fully saturated rings. The maximum atomic E-state index is 13.9. The molecule has 1 N–H and O–H groups in total. The number of carbonyl (C=O) groups excluding carboxylic acids is 2. The van der Waals surface area contributed by atoms with Crippen LogP contribution in [0.15, 0.2) is 108 Å². The summed E-state index contributed by atoms with van der Waals surface area (Å²) in [5.41, 5.74) is 3.27. The summed E-state index contributed by atoms with van der Waals surface area (Å²) in [6.45, 7) is 1.79. The number of amides is 2. The van der Waals surface area contributed by atoms with Gasteiger partial charge in [-0.15, -0.1) is 0 Å². The van der Waals surface area contributed by atoms with E-state index in [-0.39, 0.29) is 23.9 Å². The van der Waals surface area contributed by atoms with Gasteiger partial charge >= 0.3 is 0 Å². The third kappa shape index (κ3) is 7.43. The predicted molar refractivity (Wildman–Crippen MR) is 167 cm³/mol. The van der Waals surface area contributed by atoms with E-state index >= 15 is 0 Å². The molecule has 4 aromatic rings. The summed E-state index contributed by atoms with van der Waals surface area (Å²) in [6.07, 6.45) is -0.317. The quantitative estimate of drug-likeness (QED) is 0.270. The third-order valence-corrected chi connectivity index (χ3v) is 9.19. The minimum Gasteiger partial charge on any atom is -0.477 e. The molecule has 4 aromatic carbocycles. The van der Waals surface area contributed by atoms with E-state index in [0.29, 0.717) is 29.4 Å². The zero-order chi connectivity index (χ0) is 30.4. The van der Waals surface area contributed by atoms with Gasteiger partial charge in [0, 0.05) is 18.1 Å². The number of hydrogen-bond acceptors (Lipinski definition) is 5. The van der Waals surface area contributed by atoms with E-state index in [1.54, 1.807) is 24.3 Å². The number of fused-ring (bicyclic) bond motifs is 1. The molecule has 0 bridgehead atoms. The van der Waals surface area contributed by atoms with Gasteiger partial charge in [0.2, 0.25) is 15.9 Å². The molecule has 1 aliphatic rings. The number of halogens is 1. The Morgan fingerprint density at radius 1 is 0.930 bits per heavy atom. The number of hydrogen-bond donors (Lipinski definition) is 1. The van der Waals surface area contributed by atoms with Crippen LogP contribution in [0, 0.1) is 6.92 Å². The lowest BCUT2D eigenvalue weighted by atomic mass is 10.1.